The number of rotatable bonds is 9. The van der Waals surface area contributed by atoms with E-state index in [0.717, 1.165) is 22.7 Å². The summed E-state index contributed by atoms with van der Waals surface area (Å²) in [6.45, 7) is 0.646. The van der Waals surface area contributed by atoms with Gasteiger partial charge in [-0.2, -0.15) is 4.98 Å². The first-order chi connectivity index (χ1) is 21.4. The van der Waals surface area contributed by atoms with Gasteiger partial charge in [-0.25, -0.2) is 39.9 Å². The van der Waals surface area contributed by atoms with Crippen LogP contribution in [0.2, 0.25) is 0 Å². The van der Waals surface area contributed by atoms with Crippen LogP contribution in [0.1, 0.15) is 50.1 Å². The number of hydrogen-bond donors (Lipinski definition) is 1. The molecule has 2 fully saturated rings. The lowest BCUT2D eigenvalue weighted by Crippen LogP contribution is -2.42. The number of benzene rings is 1. The SMILES string of the molecule is CS(=O)(=O)N1CCC(Nc2ncc3cc(C(F)F)c(=O)n(C4CCCC4CS(=O)(=O)n4cnc(-c5ccccc5)n4)c3n2)CC1. The van der Waals surface area contributed by atoms with E-state index in [-0.39, 0.29) is 34.6 Å². The van der Waals surface area contributed by atoms with Crippen molar-refractivity contribution in [1.82, 2.24) is 33.0 Å². The summed E-state index contributed by atoms with van der Waals surface area (Å²) in [5, 5.41) is 7.57. The van der Waals surface area contributed by atoms with Crippen molar-refractivity contribution in [3.63, 3.8) is 0 Å². The molecule has 1 aromatic carbocycles. The Morgan fingerprint density at radius 1 is 1.02 bits per heavy atom. The van der Waals surface area contributed by atoms with Crippen LogP contribution in [0.25, 0.3) is 22.4 Å². The maximum Gasteiger partial charge on any atom is 0.269 e. The second-order valence-corrected chi connectivity index (χ2v) is 15.3. The van der Waals surface area contributed by atoms with Gasteiger partial charge < -0.3 is 5.32 Å². The Hall–Kier alpha value is -3.83. The molecule has 3 aromatic heterocycles. The second kappa shape index (κ2) is 12.2. The summed E-state index contributed by atoms with van der Waals surface area (Å²) in [5.41, 5.74) is -0.865. The number of nitrogens with one attached hydrogen (secondary N) is 1. The maximum absolute atomic E-state index is 14.0. The number of anilines is 1. The monoisotopic (exact) mass is 662 g/mol. The number of alkyl halides is 2. The summed E-state index contributed by atoms with van der Waals surface area (Å²) in [6.07, 6.45) is 3.03. The zero-order valence-electron chi connectivity index (χ0n) is 24.3. The van der Waals surface area contributed by atoms with Gasteiger partial charge in [0, 0.05) is 42.3 Å². The fraction of sp³-hybridized carbons (Fsp3) is 0.464. The van der Waals surface area contributed by atoms with Crippen LogP contribution in [0.5, 0.6) is 0 Å². The Morgan fingerprint density at radius 2 is 1.76 bits per heavy atom. The average molecular weight is 663 g/mol. The Balaban J connectivity index is 1.30. The molecule has 13 nitrogen and oxygen atoms in total. The predicted octanol–water partition coefficient (Wildman–Crippen LogP) is 3.04. The van der Waals surface area contributed by atoms with Crippen molar-refractivity contribution in [3.8, 4) is 11.4 Å². The van der Waals surface area contributed by atoms with E-state index in [2.05, 4.69) is 25.4 Å². The highest BCUT2D eigenvalue weighted by atomic mass is 32.2. The molecule has 0 radical (unpaired) electrons. The normalized spacial score (nSPS) is 20.3. The van der Waals surface area contributed by atoms with Crippen LogP contribution in [0.15, 0.2) is 53.7 Å². The van der Waals surface area contributed by atoms with Crippen molar-refractivity contribution in [2.45, 2.75) is 50.6 Å². The molecule has 4 aromatic rings. The number of nitrogens with zero attached hydrogens (tertiary/aromatic N) is 7. The molecule has 0 amide bonds. The molecule has 0 bridgehead atoms. The smallest absolute Gasteiger partial charge is 0.269 e. The molecule has 1 aliphatic heterocycles. The van der Waals surface area contributed by atoms with E-state index in [1.165, 1.54) is 15.1 Å². The Kier molecular flexibility index (Phi) is 8.43. The summed E-state index contributed by atoms with van der Waals surface area (Å²) in [7, 11) is -7.33. The summed E-state index contributed by atoms with van der Waals surface area (Å²) < 4.78 is 82.2. The van der Waals surface area contributed by atoms with Crippen LogP contribution in [0, 0.1) is 5.92 Å². The molecule has 2 aliphatic rings. The molecule has 1 saturated carbocycles. The largest absolute Gasteiger partial charge is 0.351 e. The number of hydrogen-bond acceptors (Lipinski definition) is 10. The van der Waals surface area contributed by atoms with Gasteiger partial charge in [0.15, 0.2) is 5.82 Å². The zero-order valence-corrected chi connectivity index (χ0v) is 26.0. The van der Waals surface area contributed by atoms with Crippen molar-refractivity contribution in [3.05, 3.63) is 64.8 Å². The number of halogens is 2. The molecular formula is C28H32F2N8O5S2. The first-order valence-corrected chi connectivity index (χ1v) is 18.0. The summed E-state index contributed by atoms with van der Waals surface area (Å²) in [4.78, 5) is 26.5. The quantitative estimate of drug-likeness (QED) is 0.282. The fourth-order valence-corrected chi connectivity index (χ4v) is 8.54. The van der Waals surface area contributed by atoms with E-state index in [4.69, 9.17) is 0 Å². The van der Waals surface area contributed by atoms with Crippen LogP contribution in [0.3, 0.4) is 0 Å². The summed E-state index contributed by atoms with van der Waals surface area (Å²) >= 11 is 0. The van der Waals surface area contributed by atoms with Crippen LogP contribution >= 0.6 is 0 Å². The number of fused-ring (bicyclic) bond motifs is 1. The molecule has 2 atom stereocenters. The number of aromatic nitrogens is 6. The molecule has 45 heavy (non-hydrogen) atoms. The van der Waals surface area contributed by atoms with Gasteiger partial charge in [-0.05, 0) is 37.7 Å². The fourth-order valence-electron chi connectivity index (χ4n) is 6.19. The van der Waals surface area contributed by atoms with Crippen LogP contribution in [0.4, 0.5) is 14.7 Å². The minimum Gasteiger partial charge on any atom is -0.351 e. The lowest BCUT2D eigenvalue weighted by atomic mass is 10.0. The van der Waals surface area contributed by atoms with Gasteiger partial charge in [0.05, 0.1) is 17.6 Å². The summed E-state index contributed by atoms with van der Waals surface area (Å²) in [5.74, 6) is -0.555. The molecule has 2 unspecified atom stereocenters. The van der Waals surface area contributed by atoms with Gasteiger partial charge in [0.1, 0.15) is 12.0 Å². The zero-order chi connectivity index (χ0) is 31.9. The molecule has 17 heteroatoms. The third kappa shape index (κ3) is 6.46. The predicted molar refractivity (Wildman–Crippen MR) is 163 cm³/mol. The first-order valence-electron chi connectivity index (χ1n) is 14.5. The highest BCUT2D eigenvalue weighted by Crippen LogP contribution is 2.38. The van der Waals surface area contributed by atoms with Gasteiger partial charge >= 0.3 is 0 Å². The van der Waals surface area contributed by atoms with E-state index in [0.29, 0.717) is 50.8 Å². The number of piperidine rings is 1. The lowest BCUT2D eigenvalue weighted by molar-refractivity contribution is 0.148. The maximum atomic E-state index is 14.0. The molecule has 4 heterocycles. The van der Waals surface area contributed by atoms with Crippen LogP contribution < -0.4 is 10.9 Å². The summed E-state index contributed by atoms with van der Waals surface area (Å²) in [6, 6.07) is 9.13. The van der Waals surface area contributed by atoms with E-state index in [1.807, 2.05) is 6.07 Å². The molecule has 6 rings (SSSR count). The molecular weight excluding hydrogens is 630 g/mol. The van der Waals surface area contributed by atoms with Crippen molar-refractivity contribution in [2.24, 2.45) is 5.92 Å². The topological polar surface area (TPSA) is 162 Å². The standard InChI is InChI=1S/C28H32F2N8O5S2/c1-44(40,41)36-12-10-21(11-13-36)33-28-31-15-20-14-22(24(29)30)27(39)38(26(20)34-28)23-9-5-8-19(23)16-45(42,43)37-17-32-25(35-37)18-6-3-2-4-7-18/h2-4,6-7,14-15,17,19,21,23-24H,5,8-13,16H2,1H3,(H,31,33,34). The van der Waals surface area contributed by atoms with E-state index >= 15 is 0 Å². The number of sulfonamides is 1. The third-order valence-electron chi connectivity index (χ3n) is 8.46. The molecule has 240 valence electrons. The number of pyridine rings is 1. The van der Waals surface area contributed by atoms with Gasteiger partial charge in [-0.15, -0.1) is 9.19 Å². The van der Waals surface area contributed by atoms with Gasteiger partial charge in [0.25, 0.3) is 22.0 Å². The first kappa shape index (κ1) is 31.2. The van der Waals surface area contributed by atoms with E-state index < -0.39 is 49.6 Å². The molecule has 1 saturated heterocycles. The Bertz CT molecular complexity index is 1980. The van der Waals surface area contributed by atoms with Crippen LogP contribution in [-0.2, 0) is 20.0 Å². The second-order valence-electron chi connectivity index (χ2n) is 11.5. The molecule has 1 aliphatic carbocycles. The highest BCUT2D eigenvalue weighted by Gasteiger charge is 2.36. The van der Waals surface area contributed by atoms with Crippen molar-refractivity contribution in [1.29, 1.82) is 0 Å². The van der Waals surface area contributed by atoms with Gasteiger partial charge in [0.2, 0.25) is 16.0 Å². The highest BCUT2D eigenvalue weighted by molar-refractivity contribution is 7.89. The molecule has 0 spiro atoms. The van der Waals surface area contributed by atoms with Gasteiger partial charge in [-0.3, -0.25) is 9.36 Å². The average Bonchev–Trinajstić information content (AvgIpc) is 3.68. The van der Waals surface area contributed by atoms with Crippen LogP contribution in [-0.4, -0.2) is 81.0 Å². The Morgan fingerprint density at radius 3 is 2.44 bits per heavy atom. The lowest BCUT2D eigenvalue weighted by Gasteiger charge is -2.30. The van der Waals surface area contributed by atoms with E-state index in [1.54, 1.807) is 24.3 Å². The van der Waals surface area contributed by atoms with Crippen molar-refractivity contribution < 1.29 is 25.6 Å². The van der Waals surface area contributed by atoms with Crippen molar-refractivity contribution in [2.75, 3.05) is 30.4 Å². The van der Waals surface area contributed by atoms with Crippen molar-refractivity contribution >= 4 is 37.0 Å². The third-order valence-corrected chi connectivity index (χ3v) is 11.4. The van der Waals surface area contributed by atoms with Gasteiger partial charge in [-0.1, -0.05) is 36.8 Å². The minimum atomic E-state index is -4.02. The van der Waals surface area contributed by atoms with E-state index in [9.17, 15) is 30.4 Å². The minimum absolute atomic E-state index is 0.122. The Labute approximate surface area is 258 Å². The molecule has 1 N–H and O–H groups in total.